The predicted molar refractivity (Wildman–Crippen MR) is 172 cm³/mol. The molecule has 2 aliphatic rings. The first-order chi connectivity index (χ1) is 20.5. The van der Waals surface area contributed by atoms with Crippen molar-refractivity contribution in [3.63, 3.8) is 0 Å². The molecular weight excluding hydrogens is 696 g/mol. The second-order valence-corrected chi connectivity index (χ2v) is 11.6. The fourth-order valence-corrected chi connectivity index (χ4v) is 5.79. The second kappa shape index (κ2) is 13.7. The van der Waals surface area contributed by atoms with E-state index in [-0.39, 0.29) is 49.0 Å². The number of ketones is 2. The molecule has 0 aromatic heterocycles. The minimum atomic E-state index is -0.403. The largest absolute Gasteiger partial charge is 0.508 e. The number of carbonyl (C=O) groups excluding carboxylic acids is 3. The average molecular weight is 726 g/mol. The number of rotatable bonds is 3. The smallest absolute Gasteiger partial charge is 0.308 e. The molecule has 44 heavy (non-hydrogen) atoms. The molecule has 6 rings (SSSR count). The van der Waals surface area contributed by atoms with Crippen LogP contribution in [0.3, 0.4) is 0 Å². The van der Waals surface area contributed by atoms with Gasteiger partial charge in [-0.15, -0.1) is 0 Å². The Morgan fingerprint density at radius 1 is 0.750 bits per heavy atom. The van der Waals surface area contributed by atoms with Crippen LogP contribution in [0.5, 0.6) is 28.7 Å². The quantitative estimate of drug-likeness (QED) is 0.162. The number of phenolic OH excluding ortho intramolecular Hbond substituents is 2. The number of hydrogen-bond donors (Lipinski definition) is 2. The third-order valence-corrected chi connectivity index (χ3v) is 8.91. The molecule has 0 saturated heterocycles. The van der Waals surface area contributed by atoms with Crippen molar-refractivity contribution in [2.24, 2.45) is 0 Å². The van der Waals surface area contributed by atoms with Crippen molar-refractivity contribution in [3.8, 4) is 28.7 Å². The number of esters is 1. The number of aryl methyl sites for hydroxylation is 1. The zero-order valence-corrected chi connectivity index (χ0v) is 26.3. The topological polar surface area (TPSA) is 119 Å². The molecule has 8 nitrogen and oxygen atoms in total. The molecule has 2 N–H and O–H groups in total. The van der Waals surface area contributed by atoms with Crippen LogP contribution in [0.15, 0.2) is 81.7 Å². The van der Waals surface area contributed by atoms with Gasteiger partial charge in [0.05, 0.1) is 27.4 Å². The molecule has 2 heterocycles. The van der Waals surface area contributed by atoms with E-state index in [9.17, 15) is 24.6 Å². The molecule has 2 unspecified atom stereocenters. The summed E-state index contributed by atoms with van der Waals surface area (Å²) in [5.41, 5.74) is 3.69. The lowest BCUT2D eigenvalue weighted by molar-refractivity contribution is -0.131. The summed E-state index contributed by atoms with van der Waals surface area (Å²) in [6.45, 7) is 3.81. The minimum Gasteiger partial charge on any atom is -0.508 e. The van der Waals surface area contributed by atoms with Crippen molar-refractivity contribution in [3.05, 3.63) is 110 Å². The van der Waals surface area contributed by atoms with Gasteiger partial charge in [0.15, 0.2) is 11.6 Å². The van der Waals surface area contributed by atoms with Crippen molar-refractivity contribution in [2.45, 2.75) is 33.1 Å². The predicted octanol–water partition coefficient (Wildman–Crippen LogP) is 7.90. The van der Waals surface area contributed by atoms with Gasteiger partial charge in [0.25, 0.3) is 0 Å². The highest BCUT2D eigenvalue weighted by Crippen LogP contribution is 2.42. The molecule has 228 valence electrons. The Bertz CT molecular complexity index is 1720. The highest BCUT2D eigenvalue weighted by molar-refractivity contribution is 9.11. The summed E-state index contributed by atoms with van der Waals surface area (Å²) in [7, 11) is 0. The Kier molecular flexibility index (Phi) is 10.2. The van der Waals surface area contributed by atoms with E-state index in [0.29, 0.717) is 39.5 Å². The van der Waals surface area contributed by atoms with Gasteiger partial charge in [-0.1, -0.05) is 37.8 Å². The lowest BCUT2D eigenvalue weighted by atomic mass is 9.88. The number of carbonyl (C=O) groups is 3. The molecule has 0 aliphatic carbocycles. The number of Topliss-reactive ketones (excluding diaryl/α,β-unsaturated/α-hetero) is 2. The van der Waals surface area contributed by atoms with E-state index in [4.69, 9.17) is 14.2 Å². The Morgan fingerprint density at radius 2 is 1.23 bits per heavy atom. The summed E-state index contributed by atoms with van der Waals surface area (Å²) >= 11 is 6.70. The molecule has 10 heteroatoms. The Morgan fingerprint density at radius 3 is 1.75 bits per heavy atom. The van der Waals surface area contributed by atoms with Gasteiger partial charge in [-0.3, -0.25) is 14.4 Å². The number of hydrogen-bond acceptors (Lipinski definition) is 8. The Labute approximate surface area is 271 Å². The average Bonchev–Trinajstić information content (AvgIpc) is 2.99. The van der Waals surface area contributed by atoms with Gasteiger partial charge < -0.3 is 24.4 Å². The highest BCUT2D eigenvalue weighted by atomic mass is 79.9. The minimum absolute atomic E-state index is 0. The molecule has 0 amide bonds. The van der Waals surface area contributed by atoms with E-state index >= 15 is 0 Å². The first-order valence-electron chi connectivity index (χ1n) is 13.3. The maximum atomic E-state index is 12.8. The molecule has 0 fully saturated rings. The summed E-state index contributed by atoms with van der Waals surface area (Å²) in [5, 5.41) is 18.9. The highest BCUT2D eigenvalue weighted by Gasteiger charge is 2.33. The van der Waals surface area contributed by atoms with Gasteiger partial charge in [-0.25, -0.2) is 0 Å². The first kappa shape index (κ1) is 32.8. The fourth-order valence-electron chi connectivity index (χ4n) is 4.87. The molecular formula is C34H30Br2O8. The van der Waals surface area contributed by atoms with Crippen LogP contribution in [0.2, 0.25) is 0 Å². The SMILES string of the molecule is C.CC(=O)Oc1ccc(C2COc3c(ccc(C)c3Br)C2=O)cc1.O=C1c2ccc(O)c(Br)c2OCC1c1ccc(O)cc1. The summed E-state index contributed by atoms with van der Waals surface area (Å²) in [4.78, 5) is 36.2. The van der Waals surface area contributed by atoms with E-state index in [1.54, 1.807) is 60.7 Å². The monoisotopic (exact) mass is 724 g/mol. The molecule has 4 aromatic rings. The number of phenols is 2. The number of halogens is 2. The van der Waals surface area contributed by atoms with Crippen LogP contribution in [-0.2, 0) is 4.79 Å². The van der Waals surface area contributed by atoms with Crippen molar-refractivity contribution < 1.29 is 38.8 Å². The van der Waals surface area contributed by atoms with E-state index < -0.39 is 5.92 Å². The normalized spacial score (nSPS) is 16.5. The van der Waals surface area contributed by atoms with Gasteiger partial charge in [0.1, 0.15) is 46.4 Å². The van der Waals surface area contributed by atoms with Crippen LogP contribution in [0, 0.1) is 6.92 Å². The van der Waals surface area contributed by atoms with Gasteiger partial charge >= 0.3 is 5.97 Å². The summed E-state index contributed by atoms with van der Waals surface area (Å²) in [6.07, 6.45) is 0. The zero-order chi connectivity index (χ0) is 30.8. The molecule has 0 bridgehead atoms. The van der Waals surface area contributed by atoms with Crippen molar-refractivity contribution in [1.82, 2.24) is 0 Å². The van der Waals surface area contributed by atoms with Gasteiger partial charge in [0.2, 0.25) is 0 Å². The van der Waals surface area contributed by atoms with Crippen LogP contribution in [0.4, 0.5) is 0 Å². The van der Waals surface area contributed by atoms with Gasteiger partial charge in [-0.05, 0) is 97.9 Å². The van der Waals surface area contributed by atoms with Crippen molar-refractivity contribution >= 4 is 49.4 Å². The van der Waals surface area contributed by atoms with E-state index in [1.807, 2.05) is 13.0 Å². The van der Waals surface area contributed by atoms with Crippen LogP contribution in [0.25, 0.3) is 0 Å². The number of aromatic hydroxyl groups is 2. The standard InChI is InChI=1S/C18H15BrO4.C15H11BrO4.CH4/c1-10-3-8-14-17(21)15(9-22-18(14)16(10)19)12-4-6-13(7-5-12)23-11(2)20;16-13-12(18)6-5-10-14(19)11(7-20-15(10)13)8-1-3-9(17)4-2-8;/h3-8,15H,9H2,1-2H3;1-6,11,17-18H,7H2;1H4. The second-order valence-electron chi connectivity index (χ2n) is 10.1. The summed E-state index contributed by atoms with van der Waals surface area (Å²) < 4.78 is 17.7. The zero-order valence-electron chi connectivity index (χ0n) is 23.1. The molecule has 2 atom stereocenters. The third kappa shape index (κ3) is 6.66. The molecule has 0 spiro atoms. The molecule has 4 aromatic carbocycles. The van der Waals surface area contributed by atoms with Crippen LogP contribution < -0.4 is 14.2 Å². The Balaban J connectivity index is 0.000000198. The maximum Gasteiger partial charge on any atom is 0.308 e. The number of ether oxygens (including phenoxy) is 3. The van der Waals surface area contributed by atoms with E-state index in [1.165, 1.54) is 13.0 Å². The number of benzene rings is 4. The van der Waals surface area contributed by atoms with Gasteiger partial charge in [-0.2, -0.15) is 0 Å². The molecule has 0 saturated carbocycles. The van der Waals surface area contributed by atoms with Crippen molar-refractivity contribution in [2.75, 3.05) is 13.2 Å². The van der Waals surface area contributed by atoms with E-state index in [2.05, 4.69) is 31.9 Å². The number of fused-ring (bicyclic) bond motifs is 2. The van der Waals surface area contributed by atoms with E-state index in [0.717, 1.165) is 21.2 Å². The lowest BCUT2D eigenvalue weighted by Gasteiger charge is -2.26. The third-order valence-electron chi connectivity index (χ3n) is 7.16. The van der Waals surface area contributed by atoms with Crippen LogP contribution in [0.1, 0.15) is 63.6 Å². The first-order valence-corrected chi connectivity index (χ1v) is 14.9. The molecule has 2 aliphatic heterocycles. The Hall–Kier alpha value is -4.15. The van der Waals surface area contributed by atoms with Crippen molar-refractivity contribution in [1.29, 1.82) is 0 Å². The maximum absolute atomic E-state index is 12.8. The van der Waals surface area contributed by atoms with Gasteiger partial charge in [0, 0.05) is 6.92 Å². The van der Waals surface area contributed by atoms with Crippen LogP contribution in [-0.4, -0.2) is 41.0 Å². The fraction of sp³-hybridized carbons (Fsp3) is 0.206. The summed E-state index contributed by atoms with van der Waals surface area (Å²) in [6, 6.07) is 20.2. The molecule has 0 radical (unpaired) electrons. The summed E-state index contributed by atoms with van der Waals surface area (Å²) in [5.74, 6) is 0.500. The van der Waals surface area contributed by atoms with Crippen LogP contribution >= 0.6 is 31.9 Å². The lowest BCUT2D eigenvalue weighted by Crippen LogP contribution is -2.26.